The van der Waals surface area contributed by atoms with E-state index in [4.69, 9.17) is 42.1 Å². The molecule has 0 bridgehead atoms. The normalized spacial score (nSPS) is 11.8. The van der Waals surface area contributed by atoms with E-state index >= 15 is 4.39 Å². The van der Waals surface area contributed by atoms with Crippen LogP contribution >= 0.6 is 34.7 Å². The number of amides is 1. The number of methoxy groups -OCH3 is 3. The number of aromatic nitrogens is 3. The minimum Gasteiger partial charge on any atom is -0.497 e. The van der Waals surface area contributed by atoms with Crippen molar-refractivity contribution in [3.8, 4) is 34.1 Å². The molecule has 18 heteroatoms. The first-order chi connectivity index (χ1) is 24.9. The van der Waals surface area contributed by atoms with Crippen molar-refractivity contribution in [1.82, 2.24) is 19.7 Å². The highest BCUT2D eigenvalue weighted by atomic mass is 35.5. The third kappa shape index (κ3) is 8.53. The van der Waals surface area contributed by atoms with Gasteiger partial charge in [-0.05, 0) is 54.1 Å². The van der Waals surface area contributed by atoms with Crippen LogP contribution in [0.2, 0.25) is 10.0 Å². The maximum Gasteiger partial charge on any atom is 0.310 e. The smallest absolute Gasteiger partial charge is 0.310 e. The molecular weight excluding hydrogens is 760 g/mol. The van der Waals surface area contributed by atoms with Crippen LogP contribution in [-0.2, 0) is 26.1 Å². The van der Waals surface area contributed by atoms with Crippen LogP contribution in [0, 0.1) is 11.7 Å². The van der Waals surface area contributed by atoms with Crippen molar-refractivity contribution >= 4 is 61.8 Å². The number of carbonyl (C=O) groups excluding carboxylic acids is 2. The fourth-order valence-corrected chi connectivity index (χ4v) is 7.50. The number of halogens is 3. The van der Waals surface area contributed by atoms with Gasteiger partial charge in [0.05, 0.1) is 38.8 Å². The number of anilines is 1. The number of nitrogens with zero attached hydrogens (tertiary/aromatic N) is 4. The third-order valence-electron chi connectivity index (χ3n) is 7.56. The summed E-state index contributed by atoms with van der Waals surface area (Å²) in [6.45, 7) is 1.34. The van der Waals surface area contributed by atoms with Crippen molar-refractivity contribution in [3.05, 3.63) is 100 Å². The molecule has 1 amide bonds. The molecule has 1 N–H and O–H groups in total. The number of sulfonamides is 1. The third-order valence-corrected chi connectivity index (χ3v) is 10.6. The van der Waals surface area contributed by atoms with E-state index in [9.17, 15) is 18.0 Å². The topological polar surface area (TPSA) is 159 Å². The van der Waals surface area contributed by atoms with Crippen molar-refractivity contribution in [2.75, 3.05) is 32.2 Å². The van der Waals surface area contributed by atoms with Crippen molar-refractivity contribution in [1.29, 1.82) is 0 Å². The number of esters is 1. The minimum absolute atomic E-state index is 0.0207. The van der Waals surface area contributed by atoms with Crippen LogP contribution in [0.1, 0.15) is 23.0 Å². The van der Waals surface area contributed by atoms with E-state index in [0.717, 1.165) is 28.0 Å². The zero-order valence-electron chi connectivity index (χ0n) is 27.9. The Hall–Kier alpha value is -5.03. The molecule has 1 unspecified atom stereocenters. The van der Waals surface area contributed by atoms with E-state index in [1.165, 1.54) is 52.1 Å². The summed E-state index contributed by atoms with van der Waals surface area (Å²) < 4.78 is 70.3. The number of pyridine rings is 1. The number of benzene rings is 3. The highest BCUT2D eigenvalue weighted by molar-refractivity contribution is 7.93. The Morgan fingerprint density at radius 2 is 1.75 bits per heavy atom. The first-order valence-corrected chi connectivity index (χ1v) is 18.1. The standard InChI is InChI=1S/C34H30Cl2FN5O8S2/c1-19(33(44)49-4)16-39-32(43)27-11-20(9-10-38-27)24-12-22(35)6-8-28(24)50-30-15-26(37)31(14-25(30)36)52(45,46)42(34-40-18-41-51-34)17-21-5-7-23(47-2)13-29(21)48-3/h5-15,18-19H,16-17H2,1-4H3,(H,39,43). The molecule has 52 heavy (non-hydrogen) atoms. The highest BCUT2D eigenvalue weighted by Gasteiger charge is 2.32. The molecule has 13 nitrogen and oxygen atoms in total. The molecule has 2 heterocycles. The molecule has 2 aromatic heterocycles. The van der Waals surface area contributed by atoms with Gasteiger partial charge in [0.2, 0.25) is 5.13 Å². The zero-order chi connectivity index (χ0) is 37.6. The predicted octanol–water partition coefficient (Wildman–Crippen LogP) is 6.79. The Morgan fingerprint density at radius 1 is 0.962 bits per heavy atom. The summed E-state index contributed by atoms with van der Waals surface area (Å²) in [5.74, 6) is -1.99. The highest BCUT2D eigenvalue weighted by Crippen LogP contribution is 2.40. The van der Waals surface area contributed by atoms with E-state index < -0.39 is 38.5 Å². The molecule has 0 fully saturated rings. The van der Waals surface area contributed by atoms with Crippen LogP contribution in [0.3, 0.4) is 0 Å². The molecule has 0 aliphatic carbocycles. The van der Waals surface area contributed by atoms with E-state index in [1.54, 1.807) is 37.3 Å². The molecule has 5 aromatic rings. The maximum absolute atomic E-state index is 15.9. The fraction of sp³-hybridized carbons (Fsp3) is 0.206. The van der Waals surface area contributed by atoms with Gasteiger partial charge >= 0.3 is 5.97 Å². The Kier molecular flexibility index (Phi) is 12.2. The molecule has 0 aliphatic rings. The molecule has 0 saturated heterocycles. The van der Waals surface area contributed by atoms with Gasteiger partial charge in [0.25, 0.3) is 15.9 Å². The Labute approximate surface area is 312 Å². The van der Waals surface area contributed by atoms with Crippen LogP contribution in [-0.4, -0.2) is 62.5 Å². The molecular formula is C34H30Cl2FN5O8S2. The molecule has 1 atom stereocenters. The number of nitrogens with one attached hydrogen (secondary N) is 1. The number of rotatable bonds is 14. The lowest BCUT2D eigenvalue weighted by Gasteiger charge is -2.23. The lowest BCUT2D eigenvalue weighted by Crippen LogP contribution is -2.32. The van der Waals surface area contributed by atoms with E-state index in [0.29, 0.717) is 33.2 Å². The van der Waals surface area contributed by atoms with Crippen LogP contribution in [0.4, 0.5) is 9.52 Å². The summed E-state index contributed by atoms with van der Waals surface area (Å²) in [4.78, 5) is 32.0. The van der Waals surface area contributed by atoms with E-state index in [1.807, 2.05) is 0 Å². The number of hydrogen-bond donors (Lipinski definition) is 1. The van der Waals surface area contributed by atoms with Gasteiger partial charge in [-0.1, -0.05) is 30.1 Å². The molecule has 0 saturated carbocycles. The largest absolute Gasteiger partial charge is 0.497 e. The van der Waals surface area contributed by atoms with Gasteiger partial charge in [-0.2, -0.15) is 4.37 Å². The lowest BCUT2D eigenvalue weighted by atomic mass is 10.0. The Morgan fingerprint density at radius 3 is 2.44 bits per heavy atom. The zero-order valence-corrected chi connectivity index (χ0v) is 31.1. The van der Waals surface area contributed by atoms with Crippen LogP contribution in [0.25, 0.3) is 11.1 Å². The summed E-state index contributed by atoms with van der Waals surface area (Å²) >= 11 is 13.7. The molecule has 3 aromatic carbocycles. The van der Waals surface area contributed by atoms with Crippen LogP contribution < -0.4 is 23.8 Å². The predicted molar refractivity (Wildman–Crippen MR) is 193 cm³/mol. The first kappa shape index (κ1) is 38.2. The average Bonchev–Trinajstić information content (AvgIpc) is 3.68. The van der Waals surface area contributed by atoms with Gasteiger partial charge in [0.1, 0.15) is 45.7 Å². The molecule has 0 aliphatic heterocycles. The second kappa shape index (κ2) is 16.5. The fourth-order valence-electron chi connectivity index (χ4n) is 4.85. The summed E-state index contributed by atoms with van der Waals surface area (Å²) in [6.07, 6.45) is 2.58. The van der Waals surface area contributed by atoms with Crippen molar-refractivity contribution in [3.63, 3.8) is 0 Å². The number of carbonyl (C=O) groups is 2. The monoisotopic (exact) mass is 789 g/mol. The van der Waals surface area contributed by atoms with Crippen LogP contribution in [0.5, 0.6) is 23.0 Å². The van der Waals surface area contributed by atoms with Crippen molar-refractivity contribution in [2.45, 2.75) is 18.4 Å². The summed E-state index contributed by atoms with van der Waals surface area (Å²) in [5.41, 5.74) is 1.31. The molecule has 5 rings (SSSR count). The van der Waals surface area contributed by atoms with E-state index in [2.05, 4.69) is 19.7 Å². The Bertz CT molecular complexity index is 2210. The number of ether oxygens (including phenoxy) is 4. The second-order valence-electron chi connectivity index (χ2n) is 10.9. The van der Waals surface area contributed by atoms with Gasteiger partial charge in [0, 0.05) is 52.6 Å². The average molecular weight is 791 g/mol. The second-order valence-corrected chi connectivity index (χ2v) is 14.4. The summed E-state index contributed by atoms with van der Waals surface area (Å²) in [6, 6.07) is 14.3. The lowest BCUT2D eigenvalue weighted by molar-refractivity contribution is -0.144. The molecule has 0 radical (unpaired) electrons. The SMILES string of the molecule is COC(=O)C(C)CNC(=O)c1cc(-c2cc(Cl)ccc2Oc2cc(F)c(S(=O)(=O)N(Cc3ccc(OC)cc3OC)c3ncns3)cc2Cl)ccn1. The van der Waals surface area contributed by atoms with Gasteiger partial charge in [0.15, 0.2) is 0 Å². The minimum atomic E-state index is -4.64. The quantitative estimate of drug-likeness (QED) is 0.118. The van der Waals surface area contributed by atoms with Gasteiger partial charge in [-0.25, -0.2) is 22.1 Å². The maximum atomic E-state index is 15.9. The van der Waals surface area contributed by atoms with E-state index in [-0.39, 0.29) is 40.4 Å². The molecule has 272 valence electrons. The summed E-state index contributed by atoms with van der Waals surface area (Å²) in [5, 5.41) is 2.71. The Balaban J connectivity index is 1.45. The van der Waals surface area contributed by atoms with Crippen LogP contribution in [0.15, 0.2) is 78.1 Å². The van der Waals surface area contributed by atoms with Crippen molar-refractivity contribution < 1.29 is 41.3 Å². The van der Waals surface area contributed by atoms with Gasteiger partial charge in [-0.15, -0.1) is 0 Å². The van der Waals surface area contributed by atoms with Gasteiger partial charge < -0.3 is 24.3 Å². The van der Waals surface area contributed by atoms with Crippen molar-refractivity contribution in [2.24, 2.45) is 5.92 Å². The molecule has 0 spiro atoms. The summed E-state index contributed by atoms with van der Waals surface area (Å²) in [7, 11) is -0.479. The van der Waals surface area contributed by atoms with Gasteiger partial charge in [-0.3, -0.25) is 14.6 Å². The first-order valence-electron chi connectivity index (χ1n) is 15.2. The number of hydrogen-bond acceptors (Lipinski definition) is 12.